The molecule has 2 aromatic heterocycles. The summed E-state index contributed by atoms with van der Waals surface area (Å²) in [4.78, 5) is 9.66. The average Bonchev–Trinajstić information content (AvgIpc) is 2.94. The van der Waals surface area contributed by atoms with Crippen molar-refractivity contribution in [3.63, 3.8) is 0 Å². The summed E-state index contributed by atoms with van der Waals surface area (Å²) in [7, 11) is 3.19. The first-order valence-corrected chi connectivity index (χ1v) is 6.37. The molecule has 0 atom stereocenters. The molecular weight excluding hydrogens is 250 g/mol. The predicted molar refractivity (Wildman–Crippen MR) is 71.6 cm³/mol. The Balaban J connectivity index is 1.96. The quantitative estimate of drug-likeness (QED) is 0.812. The van der Waals surface area contributed by atoms with E-state index >= 15 is 0 Å². The molecule has 0 bridgehead atoms. The minimum atomic E-state index is -0.300. The molecule has 2 rings (SSSR count). The number of aromatic nitrogens is 2. The fourth-order valence-corrected chi connectivity index (χ4v) is 2.13. The Morgan fingerprint density at radius 3 is 2.56 bits per heavy atom. The van der Waals surface area contributed by atoms with Crippen LogP contribution in [0.15, 0.2) is 29.9 Å². The lowest BCUT2D eigenvalue weighted by Crippen LogP contribution is -2.24. The van der Waals surface area contributed by atoms with Crippen LogP contribution in [-0.2, 0) is 9.47 Å². The molecule has 5 nitrogen and oxygen atoms in total. The highest BCUT2D eigenvalue weighted by atomic mass is 32.1. The van der Waals surface area contributed by atoms with E-state index in [0.717, 1.165) is 10.4 Å². The van der Waals surface area contributed by atoms with Gasteiger partial charge in [0.1, 0.15) is 0 Å². The smallest absolute Gasteiger partial charge is 0.222 e. The highest BCUT2D eigenvalue weighted by Gasteiger charge is 2.06. The van der Waals surface area contributed by atoms with Crippen LogP contribution in [0.2, 0.25) is 0 Å². The molecule has 0 saturated heterocycles. The fraction of sp³-hybridized carbons (Fsp3) is 0.333. The van der Waals surface area contributed by atoms with Crippen molar-refractivity contribution in [2.75, 3.05) is 26.1 Å². The molecule has 1 N–H and O–H groups in total. The van der Waals surface area contributed by atoms with Gasteiger partial charge < -0.3 is 14.8 Å². The lowest BCUT2D eigenvalue weighted by Gasteiger charge is -2.13. The van der Waals surface area contributed by atoms with Gasteiger partial charge in [0.15, 0.2) is 6.29 Å². The third-order valence-corrected chi connectivity index (χ3v) is 3.33. The van der Waals surface area contributed by atoms with Crippen LogP contribution in [0, 0.1) is 0 Å². The standard InChI is InChI=1S/C12H15N3O2S/c1-16-11(17-2)8-15-12-13-6-9(7-14-12)10-4-3-5-18-10/h3-7,11H,8H2,1-2H3,(H,13,14,15). The Bertz CT molecular complexity index is 455. The maximum Gasteiger partial charge on any atom is 0.222 e. The zero-order chi connectivity index (χ0) is 12.8. The molecule has 18 heavy (non-hydrogen) atoms. The monoisotopic (exact) mass is 265 g/mol. The summed E-state index contributed by atoms with van der Waals surface area (Å²) in [5, 5.41) is 5.08. The van der Waals surface area contributed by atoms with Gasteiger partial charge in [-0.15, -0.1) is 11.3 Å². The molecule has 0 fully saturated rings. The average molecular weight is 265 g/mol. The van der Waals surface area contributed by atoms with Crippen molar-refractivity contribution in [1.29, 1.82) is 0 Å². The molecule has 0 aliphatic carbocycles. The first-order valence-electron chi connectivity index (χ1n) is 5.49. The third-order valence-electron chi connectivity index (χ3n) is 2.41. The first-order chi connectivity index (χ1) is 8.83. The lowest BCUT2D eigenvalue weighted by atomic mass is 10.3. The van der Waals surface area contributed by atoms with E-state index in [4.69, 9.17) is 9.47 Å². The van der Waals surface area contributed by atoms with Crippen molar-refractivity contribution in [2.24, 2.45) is 0 Å². The number of methoxy groups -OCH3 is 2. The highest BCUT2D eigenvalue weighted by molar-refractivity contribution is 7.13. The number of hydrogen-bond acceptors (Lipinski definition) is 6. The number of anilines is 1. The van der Waals surface area contributed by atoms with Gasteiger partial charge in [-0.3, -0.25) is 0 Å². The molecule has 2 aromatic rings. The molecule has 0 amide bonds. The third kappa shape index (κ3) is 3.25. The molecule has 6 heteroatoms. The number of thiophene rings is 1. The zero-order valence-corrected chi connectivity index (χ0v) is 11.1. The number of ether oxygens (including phenoxy) is 2. The van der Waals surface area contributed by atoms with Gasteiger partial charge in [-0.1, -0.05) is 6.07 Å². The Kier molecular flexibility index (Phi) is 4.63. The Morgan fingerprint density at radius 2 is 2.00 bits per heavy atom. The van der Waals surface area contributed by atoms with Gasteiger partial charge in [-0.05, 0) is 11.4 Å². The van der Waals surface area contributed by atoms with E-state index in [9.17, 15) is 0 Å². The summed E-state index contributed by atoms with van der Waals surface area (Å²) in [5.41, 5.74) is 1.02. The van der Waals surface area contributed by atoms with Crippen molar-refractivity contribution in [1.82, 2.24) is 9.97 Å². The van der Waals surface area contributed by atoms with Crippen LogP contribution in [0.5, 0.6) is 0 Å². The number of rotatable bonds is 6. The maximum atomic E-state index is 5.07. The van der Waals surface area contributed by atoms with Crippen LogP contribution < -0.4 is 5.32 Å². The predicted octanol–water partition coefficient (Wildman–Crippen LogP) is 2.24. The van der Waals surface area contributed by atoms with E-state index in [1.54, 1.807) is 38.0 Å². The molecule has 0 aliphatic rings. The van der Waals surface area contributed by atoms with Crippen LogP contribution >= 0.6 is 11.3 Å². The van der Waals surface area contributed by atoms with Crippen molar-refractivity contribution in [3.05, 3.63) is 29.9 Å². The van der Waals surface area contributed by atoms with Gasteiger partial charge in [0.05, 0.1) is 6.54 Å². The van der Waals surface area contributed by atoms with E-state index in [1.165, 1.54) is 0 Å². The van der Waals surface area contributed by atoms with Gasteiger partial charge in [0, 0.05) is 37.1 Å². The summed E-state index contributed by atoms with van der Waals surface area (Å²) >= 11 is 1.67. The van der Waals surface area contributed by atoms with E-state index < -0.39 is 0 Å². The van der Waals surface area contributed by atoms with Crippen LogP contribution in [0.3, 0.4) is 0 Å². The van der Waals surface area contributed by atoms with Crippen molar-refractivity contribution in [3.8, 4) is 10.4 Å². The summed E-state index contributed by atoms with van der Waals surface area (Å²) < 4.78 is 10.1. The van der Waals surface area contributed by atoms with Gasteiger partial charge in [-0.2, -0.15) is 0 Å². The topological polar surface area (TPSA) is 56.3 Å². The zero-order valence-electron chi connectivity index (χ0n) is 10.3. The van der Waals surface area contributed by atoms with Crippen molar-refractivity contribution >= 4 is 17.3 Å². The van der Waals surface area contributed by atoms with Crippen LogP contribution in [0.25, 0.3) is 10.4 Å². The van der Waals surface area contributed by atoms with Crippen molar-refractivity contribution < 1.29 is 9.47 Å². The van der Waals surface area contributed by atoms with Crippen LogP contribution in [0.4, 0.5) is 5.95 Å². The lowest BCUT2D eigenvalue weighted by molar-refractivity contribution is -0.0914. The normalized spacial score (nSPS) is 10.8. The molecule has 2 heterocycles. The second kappa shape index (κ2) is 6.44. The van der Waals surface area contributed by atoms with Crippen LogP contribution in [-0.4, -0.2) is 37.0 Å². The second-order valence-electron chi connectivity index (χ2n) is 3.55. The molecule has 0 spiro atoms. The SMILES string of the molecule is COC(CNc1ncc(-c2cccs2)cn1)OC. The van der Waals surface area contributed by atoms with Gasteiger partial charge >= 0.3 is 0 Å². The van der Waals surface area contributed by atoms with Gasteiger partial charge in [0.25, 0.3) is 0 Å². The fourth-order valence-electron chi connectivity index (χ4n) is 1.43. The second-order valence-corrected chi connectivity index (χ2v) is 4.50. The summed E-state index contributed by atoms with van der Waals surface area (Å²) in [6.45, 7) is 0.505. The molecule has 0 saturated carbocycles. The summed E-state index contributed by atoms with van der Waals surface area (Å²) in [5.74, 6) is 0.564. The molecule has 0 aliphatic heterocycles. The van der Waals surface area contributed by atoms with E-state index in [2.05, 4.69) is 15.3 Å². The molecule has 96 valence electrons. The number of nitrogens with one attached hydrogen (secondary N) is 1. The minimum absolute atomic E-state index is 0.300. The van der Waals surface area contributed by atoms with Gasteiger partial charge in [-0.25, -0.2) is 9.97 Å². The van der Waals surface area contributed by atoms with E-state index in [1.807, 2.05) is 17.5 Å². The Hall–Kier alpha value is -1.50. The molecule has 0 aromatic carbocycles. The Labute approximate surface area is 110 Å². The molecule has 0 unspecified atom stereocenters. The first kappa shape index (κ1) is 12.9. The van der Waals surface area contributed by atoms with E-state index in [-0.39, 0.29) is 6.29 Å². The maximum absolute atomic E-state index is 5.07. The molecular formula is C12H15N3O2S. The summed E-state index contributed by atoms with van der Waals surface area (Å²) in [6, 6.07) is 4.05. The summed E-state index contributed by atoms with van der Waals surface area (Å²) in [6.07, 6.45) is 3.30. The highest BCUT2D eigenvalue weighted by Crippen LogP contribution is 2.23. The van der Waals surface area contributed by atoms with Crippen molar-refractivity contribution in [2.45, 2.75) is 6.29 Å². The number of hydrogen-bond donors (Lipinski definition) is 1. The molecule has 0 radical (unpaired) electrons. The Morgan fingerprint density at radius 1 is 1.28 bits per heavy atom. The largest absolute Gasteiger partial charge is 0.354 e. The van der Waals surface area contributed by atoms with Gasteiger partial charge in [0.2, 0.25) is 5.95 Å². The van der Waals surface area contributed by atoms with E-state index in [0.29, 0.717) is 12.5 Å². The minimum Gasteiger partial charge on any atom is -0.354 e. The number of nitrogens with zero attached hydrogens (tertiary/aromatic N) is 2. The van der Waals surface area contributed by atoms with Crippen LogP contribution in [0.1, 0.15) is 0 Å².